The van der Waals surface area contributed by atoms with Gasteiger partial charge in [0.15, 0.2) is 15.9 Å². The largest absolute Gasteiger partial charge is 0.457 e. The Morgan fingerprint density at radius 3 is 2.62 bits per heavy atom. The van der Waals surface area contributed by atoms with Crippen molar-refractivity contribution >= 4 is 9.84 Å². The molecule has 136 valence electrons. The number of nitriles is 1. The van der Waals surface area contributed by atoms with Crippen LogP contribution in [-0.2, 0) is 21.2 Å². The molecule has 26 heavy (non-hydrogen) atoms. The average Bonchev–Trinajstić information content (AvgIpc) is 2.89. The van der Waals surface area contributed by atoms with Gasteiger partial charge in [0, 0.05) is 29.9 Å². The third-order valence-corrected chi connectivity index (χ3v) is 5.16. The van der Waals surface area contributed by atoms with Crippen molar-refractivity contribution in [1.82, 2.24) is 0 Å². The van der Waals surface area contributed by atoms with Crippen LogP contribution in [0.1, 0.15) is 22.8 Å². The van der Waals surface area contributed by atoms with Gasteiger partial charge in [-0.3, -0.25) is 0 Å². The van der Waals surface area contributed by atoms with E-state index < -0.39 is 27.9 Å². The van der Waals surface area contributed by atoms with Crippen LogP contribution in [0, 0.1) is 17.1 Å². The second-order valence-electron chi connectivity index (χ2n) is 5.85. The van der Waals surface area contributed by atoms with Crippen LogP contribution in [0.2, 0.25) is 0 Å². The van der Waals surface area contributed by atoms with Crippen molar-refractivity contribution in [3.05, 3.63) is 52.8 Å². The molecular weight excluding hydrogens is 371 g/mol. The van der Waals surface area contributed by atoms with Crippen molar-refractivity contribution in [2.24, 2.45) is 0 Å². The van der Waals surface area contributed by atoms with Crippen molar-refractivity contribution in [2.45, 2.75) is 23.6 Å². The van der Waals surface area contributed by atoms with Gasteiger partial charge in [-0.2, -0.15) is 10.2 Å². The molecule has 2 aromatic rings. The number of nitrogens with zero attached hydrogens (tertiary/aromatic N) is 1. The quantitative estimate of drug-likeness (QED) is 0.804. The predicted molar refractivity (Wildman–Crippen MR) is 84.3 cm³/mol. The van der Waals surface area contributed by atoms with Gasteiger partial charge >= 0.3 is 0 Å². The van der Waals surface area contributed by atoms with Crippen molar-refractivity contribution in [3.63, 3.8) is 0 Å². The number of hydrogen-bond donors (Lipinski definition) is 0. The fraction of sp³-hybridized carbons (Fsp3) is 0.235. The van der Waals surface area contributed by atoms with Crippen LogP contribution >= 0.6 is 0 Å². The molecule has 3 rings (SSSR count). The molecular formula is C17H12F3NO4S. The minimum atomic E-state index is -3.77. The van der Waals surface area contributed by atoms with E-state index in [2.05, 4.69) is 4.94 Å². The van der Waals surface area contributed by atoms with Crippen LogP contribution in [0.15, 0.2) is 35.2 Å². The fourth-order valence-corrected chi connectivity index (χ4v) is 3.92. The molecule has 0 saturated carbocycles. The lowest BCUT2D eigenvalue weighted by molar-refractivity contribution is -0.198. The Kier molecular flexibility index (Phi) is 4.64. The van der Waals surface area contributed by atoms with Gasteiger partial charge in [0.05, 0.1) is 16.5 Å². The zero-order valence-electron chi connectivity index (χ0n) is 13.4. The minimum Gasteiger partial charge on any atom is -0.457 e. The van der Waals surface area contributed by atoms with Crippen LogP contribution in [-0.4, -0.2) is 20.8 Å². The van der Waals surface area contributed by atoms with Crippen LogP contribution < -0.4 is 4.74 Å². The standard InChI is InChI=1S/C17H12F3NO4S/c1-26(22,23)15-3-2-14(12-7-13(19)17(25-20)16(12)15)24-11-5-9(8-21)4-10(18)6-11/h2-6,13,17H,7H2,1H3. The van der Waals surface area contributed by atoms with Crippen LogP contribution in [0.3, 0.4) is 0 Å². The molecule has 0 saturated heterocycles. The van der Waals surface area contributed by atoms with E-state index in [4.69, 9.17) is 10.00 Å². The number of sulfone groups is 1. The summed E-state index contributed by atoms with van der Waals surface area (Å²) in [5, 5.41) is 8.89. The highest BCUT2D eigenvalue weighted by molar-refractivity contribution is 7.90. The molecule has 0 heterocycles. The highest BCUT2D eigenvalue weighted by Gasteiger charge is 2.40. The second-order valence-corrected chi connectivity index (χ2v) is 7.83. The van der Waals surface area contributed by atoms with E-state index in [0.717, 1.165) is 24.5 Å². The van der Waals surface area contributed by atoms with Crippen molar-refractivity contribution in [3.8, 4) is 17.6 Å². The first-order chi connectivity index (χ1) is 12.2. The number of ether oxygens (including phenoxy) is 1. The predicted octanol–water partition coefficient (Wildman–Crippen LogP) is 3.73. The van der Waals surface area contributed by atoms with Crippen LogP contribution in [0.5, 0.6) is 11.5 Å². The van der Waals surface area contributed by atoms with Crippen molar-refractivity contribution in [2.75, 3.05) is 6.26 Å². The van der Waals surface area contributed by atoms with E-state index in [1.807, 2.05) is 0 Å². The Bertz CT molecular complexity index is 1020. The molecule has 5 nitrogen and oxygen atoms in total. The van der Waals surface area contributed by atoms with Gasteiger partial charge in [-0.15, -0.1) is 0 Å². The molecule has 9 heteroatoms. The highest BCUT2D eigenvalue weighted by Crippen LogP contribution is 2.45. The normalized spacial score (nSPS) is 19.0. The lowest BCUT2D eigenvalue weighted by atomic mass is 10.1. The van der Waals surface area contributed by atoms with Crippen molar-refractivity contribution in [1.29, 1.82) is 5.26 Å². The molecule has 2 unspecified atom stereocenters. The van der Waals surface area contributed by atoms with Crippen LogP contribution in [0.25, 0.3) is 0 Å². The maximum absolute atomic E-state index is 14.1. The van der Waals surface area contributed by atoms with E-state index in [1.54, 1.807) is 6.07 Å². The Labute approximate surface area is 147 Å². The maximum atomic E-state index is 14.1. The first kappa shape index (κ1) is 18.2. The van der Waals surface area contributed by atoms with Gasteiger partial charge in [0.1, 0.15) is 23.5 Å². The SMILES string of the molecule is CS(=O)(=O)c1ccc(Oc2cc(F)cc(C#N)c2)c2c1C(OF)C(F)C2. The second kappa shape index (κ2) is 6.63. The average molecular weight is 383 g/mol. The smallest absolute Gasteiger partial charge is 0.175 e. The highest BCUT2D eigenvalue weighted by atomic mass is 32.2. The number of hydrogen-bond acceptors (Lipinski definition) is 5. The lowest BCUT2D eigenvalue weighted by Crippen LogP contribution is -2.11. The number of rotatable bonds is 4. The summed E-state index contributed by atoms with van der Waals surface area (Å²) < 4.78 is 69.9. The molecule has 2 aromatic carbocycles. The van der Waals surface area contributed by atoms with Gasteiger partial charge in [0.25, 0.3) is 0 Å². The summed E-state index contributed by atoms with van der Waals surface area (Å²) in [6.45, 7) is 0. The molecule has 0 bridgehead atoms. The number of halogens is 3. The first-order valence-electron chi connectivity index (χ1n) is 7.40. The fourth-order valence-electron chi connectivity index (χ4n) is 2.96. The van der Waals surface area contributed by atoms with E-state index in [1.165, 1.54) is 12.1 Å². The van der Waals surface area contributed by atoms with Gasteiger partial charge in [-0.05, 0) is 28.8 Å². The van der Waals surface area contributed by atoms with E-state index in [9.17, 15) is 21.7 Å². The molecule has 2 atom stereocenters. The third kappa shape index (κ3) is 3.25. The molecule has 0 spiro atoms. The maximum Gasteiger partial charge on any atom is 0.175 e. The van der Waals surface area contributed by atoms with E-state index in [0.29, 0.717) is 0 Å². The topological polar surface area (TPSA) is 76.4 Å². The Hall–Kier alpha value is -2.57. The summed E-state index contributed by atoms with van der Waals surface area (Å²) in [4.78, 5) is 3.38. The van der Waals surface area contributed by atoms with E-state index in [-0.39, 0.29) is 39.5 Å². The summed E-state index contributed by atoms with van der Waals surface area (Å²) in [7, 11) is -3.77. The van der Waals surface area contributed by atoms with Crippen molar-refractivity contribution < 1.29 is 31.4 Å². The first-order valence-corrected chi connectivity index (χ1v) is 9.29. The molecule has 0 fully saturated rings. The van der Waals surface area contributed by atoms with E-state index >= 15 is 0 Å². The van der Waals surface area contributed by atoms with Crippen LogP contribution in [0.4, 0.5) is 13.3 Å². The molecule has 0 radical (unpaired) electrons. The lowest BCUT2D eigenvalue weighted by Gasteiger charge is -2.15. The molecule has 0 N–H and O–H groups in total. The zero-order valence-corrected chi connectivity index (χ0v) is 14.2. The number of benzene rings is 2. The zero-order chi connectivity index (χ0) is 19.1. The third-order valence-electron chi connectivity index (χ3n) is 4.01. The van der Waals surface area contributed by atoms with Gasteiger partial charge < -0.3 is 4.74 Å². The summed E-state index contributed by atoms with van der Waals surface area (Å²) in [6.07, 6.45) is -2.92. The Balaban J connectivity index is 2.13. The molecule has 0 aliphatic heterocycles. The van der Waals surface area contributed by atoms with Gasteiger partial charge in [-0.25, -0.2) is 17.2 Å². The van der Waals surface area contributed by atoms with Gasteiger partial charge in [0.2, 0.25) is 0 Å². The monoisotopic (exact) mass is 383 g/mol. The summed E-state index contributed by atoms with van der Waals surface area (Å²) in [6, 6.07) is 7.49. The molecule has 1 aliphatic carbocycles. The molecule has 0 amide bonds. The summed E-state index contributed by atoms with van der Waals surface area (Å²) in [5.41, 5.74) is -0.0273. The minimum absolute atomic E-state index is 0.0118. The molecule has 1 aliphatic rings. The summed E-state index contributed by atoms with van der Waals surface area (Å²) in [5.74, 6) is -0.711. The number of fused-ring (bicyclic) bond motifs is 1. The summed E-state index contributed by atoms with van der Waals surface area (Å²) >= 11 is 0. The number of alkyl halides is 1. The molecule has 0 aromatic heterocycles. The Morgan fingerprint density at radius 1 is 1.27 bits per heavy atom. The van der Waals surface area contributed by atoms with Gasteiger partial charge in [-0.1, -0.05) is 0 Å². The Morgan fingerprint density at radius 2 is 2.00 bits per heavy atom.